The van der Waals surface area contributed by atoms with E-state index in [1.165, 1.54) is 0 Å². The first kappa shape index (κ1) is 71.8. The molecule has 0 N–H and O–H groups in total. The van der Waals surface area contributed by atoms with Gasteiger partial charge in [-0.2, -0.15) is 11.3 Å². The Labute approximate surface area is 617 Å². The van der Waals surface area contributed by atoms with Crippen LogP contribution >= 0.6 is 0 Å². The Morgan fingerprint density at radius 2 is 0.684 bits per heavy atom. The maximum absolute atomic E-state index is 9.18. The van der Waals surface area contributed by atoms with Crippen molar-refractivity contribution in [3.8, 4) is 108 Å². The molecule has 6 aromatic heterocycles. The van der Waals surface area contributed by atoms with Crippen LogP contribution in [-0.4, -0.2) is 29.9 Å². The van der Waals surface area contributed by atoms with Gasteiger partial charge in [-0.05, 0) is 126 Å². The molecule has 0 aliphatic heterocycles. The molecule has 12 heteroatoms. The van der Waals surface area contributed by atoms with Crippen LogP contribution < -0.4 is 4.74 Å². The van der Waals surface area contributed by atoms with Crippen LogP contribution in [0.4, 0.5) is 5.69 Å². The smallest absolute Gasteiger partial charge is 0.422 e. The third-order valence-corrected chi connectivity index (χ3v) is 15.9. The number of nitrogens with zero attached hydrogens (tertiary/aromatic N) is 8. The first-order valence-electron chi connectivity index (χ1n) is 30.9. The third kappa shape index (κ3) is 17.7. The first-order chi connectivity index (χ1) is 46.5. The molecule has 98 heavy (non-hydrogen) atoms. The van der Waals surface area contributed by atoms with Crippen LogP contribution in [-0.2, 0) is 74.0 Å². The second-order valence-electron chi connectivity index (χ2n) is 23.2. The molecule has 0 bridgehead atoms. The second kappa shape index (κ2) is 33.9. The van der Waals surface area contributed by atoms with Gasteiger partial charge in [-0.25, -0.2) is 0 Å². The van der Waals surface area contributed by atoms with Crippen molar-refractivity contribution >= 4 is 5.69 Å². The molecule has 0 spiro atoms. The number of hydrogen-bond donors (Lipinski definition) is 0. The van der Waals surface area contributed by atoms with Crippen molar-refractivity contribution < 1.29 is 67.9 Å². The van der Waals surface area contributed by atoms with Crippen molar-refractivity contribution in [1.29, 1.82) is 5.26 Å². The largest absolute Gasteiger partial charge is 2.00 e. The molecule has 0 aliphatic carbocycles. The molecule has 0 saturated heterocycles. The fourth-order valence-corrected chi connectivity index (χ4v) is 10.6. The van der Waals surface area contributed by atoms with Gasteiger partial charge in [-0.15, -0.1) is 197 Å². The average molecular weight is 1810 g/mol. The SMILES string of the molecule is CC(C)(c1cc(-c2ccccc2)cc(-c2[c-]cccc2)n1)c1cc(-c2ccccc2)cc(-c2[c-]cccc2)n1.[C-]#[N+]c1cc[c-]c(-c2cccc(C(C)(C)c3cccc(-c4[c-]ccc(C#N)c4)n3)n2)c1.[Pt+2].[Pt+2].[Pt+2].[c-]1ccccc1-c1cccc(Oc2cccc(-c3[c-]cccc3)n2)n1. The van der Waals surface area contributed by atoms with E-state index in [1.807, 2.05) is 170 Å². The zero-order valence-corrected chi connectivity index (χ0v) is 60.5. The standard InChI is InChI=1S/C37H28N2.C27H18N4.C22H14N2O.3Pt/c1-37(2,35-25-31(27-15-7-3-8-16-27)23-33(38-35)29-19-11-5-12-20-29)36-26-32(28-17-9-4-10-18-28)24-34(39-36)30-21-13-6-14-22-30;1-27(2,25-14-6-12-23(30-25)20-9-4-8-19(16-20)18-28)26-15-7-13-24(31-26)21-10-5-11-22(17-21)29-3;1-3-9-17(10-4-1)19-13-7-15-21(23-19)25-22-16-8-14-20(24-22)18-11-5-2-6-12-18;;;/h3-19,21,23-26H,1-2H3;4-8,11-17H,1-2H3;1-9,11,13-16H;;;/q3*-2;3*+2. The summed E-state index contributed by atoms with van der Waals surface area (Å²) in [5.41, 5.74) is 18.7. The Hall–Kier alpha value is -10.5. The van der Waals surface area contributed by atoms with E-state index in [0.717, 1.165) is 113 Å². The topological polar surface area (TPSA) is 115 Å². The minimum atomic E-state index is -0.483. The van der Waals surface area contributed by atoms with E-state index in [2.05, 4.69) is 170 Å². The molecule has 0 atom stereocenters. The minimum Gasteiger partial charge on any atom is -0.422 e. The molecule has 14 aromatic rings. The summed E-state index contributed by atoms with van der Waals surface area (Å²) in [6, 6.07) is 116. The van der Waals surface area contributed by atoms with Crippen molar-refractivity contribution in [3.63, 3.8) is 0 Å². The van der Waals surface area contributed by atoms with Crippen LogP contribution in [0.3, 0.4) is 0 Å². The van der Waals surface area contributed by atoms with E-state index in [-0.39, 0.29) is 63.2 Å². The molecule has 9 nitrogen and oxygen atoms in total. The molecule has 0 aliphatic rings. The summed E-state index contributed by atoms with van der Waals surface area (Å²) in [4.78, 5) is 32.7. The molecular weight excluding hydrogens is 1750 g/mol. The van der Waals surface area contributed by atoms with E-state index in [9.17, 15) is 5.26 Å². The van der Waals surface area contributed by atoms with Gasteiger partial charge < -0.3 is 24.7 Å². The van der Waals surface area contributed by atoms with Crippen molar-refractivity contribution in [2.24, 2.45) is 0 Å². The number of rotatable bonds is 14. The normalized spacial score (nSPS) is 10.6. The Morgan fingerprint density at radius 3 is 1.09 bits per heavy atom. The van der Waals surface area contributed by atoms with Crippen molar-refractivity contribution in [1.82, 2.24) is 29.9 Å². The van der Waals surface area contributed by atoms with Crippen LogP contribution in [0.25, 0.3) is 94.6 Å². The number of pyridine rings is 6. The Kier molecular flexibility index (Phi) is 24.9. The van der Waals surface area contributed by atoms with Crippen LogP contribution in [0.1, 0.15) is 56.0 Å². The van der Waals surface area contributed by atoms with Gasteiger partial charge >= 0.3 is 63.2 Å². The third-order valence-electron chi connectivity index (χ3n) is 15.9. The predicted molar refractivity (Wildman–Crippen MR) is 377 cm³/mol. The molecule has 0 radical (unpaired) electrons. The maximum Gasteiger partial charge on any atom is 2.00 e. The van der Waals surface area contributed by atoms with Crippen molar-refractivity contribution in [3.05, 3.63) is 367 Å². The molecule has 0 unspecified atom stereocenters. The van der Waals surface area contributed by atoms with E-state index >= 15 is 0 Å². The Bertz CT molecular complexity index is 4580. The molecular formula is C86H60N8OPt3. The van der Waals surface area contributed by atoms with E-state index < -0.39 is 10.8 Å². The summed E-state index contributed by atoms with van der Waals surface area (Å²) < 4.78 is 5.85. The molecule has 8 aromatic carbocycles. The monoisotopic (exact) mass is 1810 g/mol. The van der Waals surface area contributed by atoms with Gasteiger partial charge in [0, 0.05) is 33.6 Å². The van der Waals surface area contributed by atoms with Gasteiger partial charge in [0.05, 0.1) is 12.6 Å². The minimum absolute atomic E-state index is 0. The zero-order chi connectivity index (χ0) is 65.4. The molecule has 0 fully saturated rings. The van der Waals surface area contributed by atoms with E-state index in [4.69, 9.17) is 31.2 Å². The summed E-state index contributed by atoms with van der Waals surface area (Å²) in [6.07, 6.45) is 0. The van der Waals surface area contributed by atoms with Gasteiger partial charge in [0.2, 0.25) is 11.8 Å². The summed E-state index contributed by atoms with van der Waals surface area (Å²) >= 11 is 0. The first-order valence-corrected chi connectivity index (χ1v) is 30.9. The zero-order valence-electron chi connectivity index (χ0n) is 53.6. The van der Waals surface area contributed by atoms with Gasteiger partial charge in [0.15, 0.2) is 0 Å². The van der Waals surface area contributed by atoms with Crippen LogP contribution in [0, 0.1) is 54.3 Å². The maximum atomic E-state index is 9.18. The second-order valence-corrected chi connectivity index (χ2v) is 23.2. The molecule has 480 valence electrons. The number of aromatic nitrogens is 6. The molecule has 0 saturated carbocycles. The average Bonchev–Trinajstić information content (AvgIpc) is 0.778. The molecule has 14 rings (SSSR count). The predicted octanol–water partition coefficient (Wildman–Crippen LogP) is 20.4. The van der Waals surface area contributed by atoms with Crippen molar-refractivity contribution in [2.75, 3.05) is 0 Å². The summed E-state index contributed by atoms with van der Waals surface area (Å²) in [7, 11) is 0. The summed E-state index contributed by atoms with van der Waals surface area (Å²) in [5, 5.41) is 9.18. The summed E-state index contributed by atoms with van der Waals surface area (Å²) in [6.45, 7) is 15.8. The number of ether oxygens (including phenoxy) is 1. The van der Waals surface area contributed by atoms with Gasteiger partial charge in [-0.3, -0.25) is 14.8 Å². The van der Waals surface area contributed by atoms with Crippen LogP contribution in [0.5, 0.6) is 11.8 Å². The van der Waals surface area contributed by atoms with Gasteiger partial charge in [0.25, 0.3) is 0 Å². The molecule has 6 heterocycles. The number of nitriles is 1. The fraction of sp³-hybridized carbons (Fsp3) is 0.0698. The number of benzene rings is 8. The van der Waals surface area contributed by atoms with Crippen LogP contribution in [0.2, 0.25) is 0 Å². The fourth-order valence-electron chi connectivity index (χ4n) is 10.6. The van der Waals surface area contributed by atoms with Crippen LogP contribution in [0.15, 0.2) is 291 Å². The van der Waals surface area contributed by atoms with Crippen molar-refractivity contribution in [2.45, 2.75) is 38.5 Å². The Balaban J connectivity index is 0.000000173. The number of hydrogen-bond acceptors (Lipinski definition) is 8. The van der Waals surface area contributed by atoms with E-state index in [0.29, 0.717) is 23.0 Å². The Morgan fingerprint density at radius 1 is 0.327 bits per heavy atom. The van der Waals surface area contributed by atoms with Gasteiger partial charge in [0.1, 0.15) is 5.69 Å². The molecule has 0 amide bonds. The summed E-state index contributed by atoms with van der Waals surface area (Å²) in [5.74, 6) is 0.993. The van der Waals surface area contributed by atoms with E-state index in [1.54, 1.807) is 36.4 Å². The quantitative estimate of drug-likeness (QED) is 0.0989. The van der Waals surface area contributed by atoms with Gasteiger partial charge in [-0.1, -0.05) is 121 Å².